The van der Waals surface area contributed by atoms with E-state index in [2.05, 4.69) is 9.73 Å². The van der Waals surface area contributed by atoms with Crippen LogP contribution in [0.1, 0.15) is 29.0 Å². The number of alkyl halides is 3. The number of hydrogen-bond acceptors (Lipinski definition) is 4. The van der Waals surface area contributed by atoms with E-state index in [0.717, 1.165) is 11.8 Å². The average Bonchev–Trinajstić information content (AvgIpc) is 3.06. The van der Waals surface area contributed by atoms with E-state index in [0.29, 0.717) is 18.7 Å². The fourth-order valence-corrected chi connectivity index (χ4v) is 2.80. The lowest BCUT2D eigenvalue weighted by Gasteiger charge is -2.11. The molecule has 4 nitrogen and oxygen atoms in total. The van der Waals surface area contributed by atoms with E-state index in [1.807, 2.05) is 24.3 Å². The molecular weight excluding hydrogens is 371 g/mol. The molecule has 0 fully saturated rings. The van der Waals surface area contributed by atoms with E-state index in [1.54, 1.807) is 18.4 Å². The Morgan fingerprint density at radius 2 is 2.11 bits per heavy atom. The fraction of sp³-hybridized carbons (Fsp3) is 0.238. The Morgan fingerprint density at radius 1 is 1.25 bits per heavy atom. The minimum atomic E-state index is -4.79. The van der Waals surface area contributed by atoms with Gasteiger partial charge in [-0.3, -0.25) is 9.79 Å². The van der Waals surface area contributed by atoms with Crippen LogP contribution in [0.2, 0.25) is 0 Å². The second kappa shape index (κ2) is 8.73. The number of halogens is 3. The number of allylic oxidation sites excluding steroid dienone is 3. The molecule has 28 heavy (non-hydrogen) atoms. The Bertz CT molecular complexity index is 896. The van der Waals surface area contributed by atoms with Gasteiger partial charge in [0.15, 0.2) is 5.78 Å². The molecule has 0 saturated heterocycles. The maximum Gasteiger partial charge on any atom is 0.573 e. The Morgan fingerprint density at radius 3 is 2.86 bits per heavy atom. The Kier molecular flexibility index (Phi) is 6.13. The normalized spacial score (nSPS) is 17.4. The summed E-state index contributed by atoms with van der Waals surface area (Å²) in [5.74, 6) is 0.0336. The summed E-state index contributed by atoms with van der Waals surface area (Å²) in [7, 11) is 0. The predicted molar refractivity (Wildman–Crippen MR) is 99.4 cm³/mol. The van der Waals surface area contributed by atoms with Crippen LogP contribution in [-0.4, -0.2) is 24.4 Å². The molecule has 0 spiro atoms. The first-order chi connectivity index (χ1) is 13.4. The maximum absolute atomic E-state index is 12.5. The summed E-state index contributed by atoms with van der Waals surface area (Å²) in [4.78, 5) is 16.9. The van der Waals surface area contributed by atoms with Crippen LogP contribution in [0.4, 0.5) is 13.2 Å². The highest BCUT2D eigenvalue weighted by molar-refractivity contribution is 6.06. The van der Waals surface area contributed by atoms with Crippen molar-refractivity contribution < 1.29 is 27.1 Å². The van der Waals surface area contributed by atoms with Crippen LogP contribution in [0.25, 0.3) is 6.08 Å². The molecule has 1 aliphatic rings. The van der Waals surface area contributed by atoms with Crippen molar-refractivity contribution in [2.75, 3.05) is 6.54 Å². The van der Waals surface area contributed by atoms with Gasteiger partial charge in [0.2, 0.25) is 0 Å². The van der Waals surface area contributed by atoms with E-state index in [9.17, 15) is 18.0 Å². The first-order valence-electron chi connectivity index (χ1n) is 8.72. The highest BCUT2D eigenvalue weighted by Crippen LogP contribution is 2.25. The highest BCUT2D eigenvalue weighted by Gasteiger charge is 2.31. The first kappa shape index (κ1) is 19.7. The molecule has 1 aromatic heterocycles. The summed E-state index contributed by atoms with van der Waals surface area (Å²) in [6.45, 7) is 0.556. The van der Waals surface area contributed by atoms with Gasteiger partial charge in [-0.25, -0.2) is 0 Å². The largest absolute Gasteiger partial charge is 0.573 e. The van der Waals surface area contributed by atoms with Gasteiger partial charge in [0.05, 0.1) is 12.0 Å². The molecular formula is C21H18F3NO3. The third kappa shape index (κ3) is 5.97. The van der Waals surface area contributed by atoms with Crippen molar-refractivity contribution in [3.8, 4) is 5.75 Å². The van der Waals surface area contributed by atoms with Crippen LogP contribution < -0.4 is 4.74 Å². The minimum absolute atomic E-state index is 0.0436. The lowest BCUT2D eigenvalue weighted by Crippen LogP contribution is -2.17. The number of rotatable bonds is 6. The second-order valence-corrected chi connectivity index (χ2v) is 6.27. The van der Waals surface area contributed by atoms with E-state index in [-0.39, 0.29) is 23.7 Å². The van der Waals surface area contributed by atoms with Gasteiger partial charge >= 0.3 is 6.36 Å². The van der Waals surface area contributed by atoms with Crippen molar-refractivity contribution in [3.05, 3.63) is 72.2 Å². The standard InChI is InChI=1S/C21H18F3NO3/c22-21(23,24)28-19-4-1-3-16(14-19)20(26)13-15-6-7-17(25-11-10-15)8-9-18-5-2-12-27-18/h1-9,12,14-15H,10-11,13H2/b9-8+/t15-/m0/s1. The summed E-state index contributed by atoms with van der Waals surface area (Å²) in [6.07, 6.45) is 5.05. The van der Waals surface area contributed by atoms with Crippen LogP contribution >= 0.6 is 0 Å². The summed E-state index contributed by atoms with van der Waals surface area (Å²) < 4.78 is 46.1. The van der Waals surface area contributed by atoms with Crippen molar-refractivity contribution in [1.29, 1.82) is 0 Å². The van der Waals surface area contributed by atoms with Crippen molar-refractivity contribution >= 4 is 17.6 Å². The summed E-state index contributed by atoms with van der Waals surface area (Å²) >= 11 is 0. The Hall–Kier alpha value is -3.09. The topological polar surface area (TPSA) is 51.8 Å². The zero-order valence-electron chi connectivity index (χ0n) is 14.9. The number of furan rings is 1. The lowest BCUT2D eigenvalue weighted by molar-refractivity contribution is -0.274. The third-order valence-corrected chi connectivity index (χ3v) is 4.13. The van der Waals surface area contributed by atoms with Gasteiger partial charge in [0.1, 0.15) is 11.5 Å². The van der Waals surface area contributed by atoms with Gasteiger partial charge < -0.3 is 9.15 Å². The molecule has 0 N–H and O–H groups in total. The number of aliphatic imine (C=N–C) groups is 1. The quantitative estimate of drug-likeness (QED) is 0.615. The number of hydrogen-bond donors (Lipinski definition) is 0. The smallest absolute Gasteiger partial charge is 0.465 e. The molecule has 7 heteroatoms. The monoisotopic (exact) mass is 389 g/mol. The van der Waals surface area contributed by atoms with Crippen LogP contribution in [0.15, 0.2) is 70.3 Å². The van der Waals surface area contributed by atoms with Gasteiger partial charge in [0, 0.05) is 18.5 Å². The molecule has 0 unspecified atom stereocenters. The maximum atomic E-state index is 12.5. The minimum Gasteiger partial charge on any atom is -0.465 e. The zero-order chi connectivity index (χ0) is 20.0. The summed E-state index contributed by atoms with van der Waals surface area (Å²) in [5, 5.41) is 0. The molecule has 146 valence electrons. The van der Waals surface area contributed by atoms with Crippen molar-refractivity contribution in [2.45, 2.75) is 19.2 Å². The van der Waals surface area contributed by atoms with Gasteiger partial charge in [-0.1, -0.05) is 18.2 Å². The number of Topliss-reactive ketones (excluding diaryl/α,β-unsaturated/α-hetero) is 1. The number of carbonyl (C=O) groups excluding carboxylic acids is 1. The molecule has 1 aromatic carbocycles. The van der Waals surface area contributed by atoms with Crippen LogP contribution in [-0.2, 0) is 0 Å². The molecule has 0 bridgehead atoms. The Balaban J connectivity index is 1.60. The Labute approximate surface area is 160 Å². The predicted octanol–water partition coefficient (Wildman–Crippen LogP) is 5.48. The summed E-state index contributed by atoms with van der Waals surface area (Å²) in [6, 6.07) is 8.76. The highest BCUT2D eigenvalue weighted by atomic mass is 19.4. The van der Waals surface area contributed by atoms with E-state index in [1.165, 1.54) is 18.2 Å². The second-order valence-electron chi connectivity index (χ2n) is 6.27. The summed E-state index contributed by atoms with van der Waals surface area (Å²) in [5.41, 5.74) is 0.963. The SMILES string of the molecule is O=C(C[C@H]1C=CC(/C=C/c2ccco2)=NCC1)c1cccc(OC(F)(F)F)c1. The van der Waals surface area contributed by atoms with Gasteiger partial charge in [-0.15, -0.1) is 13.2 Å². The molecule has 1 atom stereocenters. The average molecular weight is 389 g/mol. The van der Waals surface area contributed by atoms with Crippen molar-refractivity contribution in [1.82, 2.24) is 0 Å². The fourth-order valence-electron chi connectivity index (χ4n) is 2.80. The van der Waals surface area contributed by atoms with Crippen molar-refractivity contribution in [2.24, 2.45) is 10.9 Å². The first-order valence-corrected chi connectivity index (χ1v) is 8.72. The molecule has 0 aliphatic carbocycles. The van der Waals surface area contributed by atoms with Crippen LogP contribution in [0.5, 0.6) is 5.75 Å². The van der Waals surface area contributed by atoms with E-state index in [4.69, 9.17) is 4.42 Å². The molecule has 2 heterocycles. The lowest BCUT2D eigenvalue weighted by atomic mass is 9.95. The van der Waals surface area contributed by atoms with Crippen LogP contribution in [0, 0.1) is 5.92 Å². The number of carbonyl (C=O) groups is 1. The van der Waals surface area contributed by atoms with E-state index >= 15 is 0 Å². The molecule has 0 amide bonds. The van der Waals surface area contributed by atoms with Gasteiger partial charge in [-0.2, -0.15) is 0 Å². The van der Waals surface area contributed by atoms with E-state index < -0.39 is 12.1 Å². The number of nitrogens with zero attached hydrogens (tertiary/aromatic N) is 1. The number of benzene rings is 1. The van der Waals surface area contributed by atoms with Gasteiger partial charge in [0.25, 0.3) is 0 Å². The van der Waals surface area contributed by atoms with Crippen LogP contribution in [0.3, 0.4) is 0 Å². The molecule has 0 radical (unpaired) electrons. The van der Waals surface area contributed by atoms with Gasteiger partial charge in [-0.05, 0) is 54.8 Å². The molecule has 2 aromatic rings. The number of ether oxygens (including phenoxy) is 1. The van der Waals surface area contributed by atoms with Crippen molar-refractivity contribution in [3.63, 3.8) is 0 Å². The number of ketones is 1. The molecule has 0 saturated carbocycles. The molecule has 3 rings (SSSR count). The molecule has 1 aliphatic heterocycles. The third-order valence-electron chi connectivity index (χ3n) is 4.13. The zero-order valence-corrected chi connectivity index (χ0v) is 14.9.